The molecule has 2 heterocycles. The number of hydrogen-bond acceptors (Lipinski definition) is 3. The molecule has 23 heavy (non-hydrogen) atoms. The Bertz CT molecular complexity index is 782. The van der Waals surface area contributed by atoms with Crippen LogP contribution in [0.25, 0.3) is 5.57 Å². The summed E-state index contributed by atoms with van der Waals surface area (Å²) >= 11 is 0. The van der Waals surface area contributed by atoms with Gasteiger partial charge in [-0.3, -0.25) is 4.79 Å². The Hall–Kier alpha value is -2.89. The SMILES string of the molecule is C[C@@H]1C=C(c2ncc[nH]c2=O)CCN1C(=O)Nc1ccccc1. The number of para-hydroxylation sites is 1. The lowest BCUT2D eigenvalue weighted by Crippen LogP contribution is -2.43. The highest BCUT2D eigenvalue weighted by molar-refractivity contribution is 5.90. The molecule has 1 aliphatic rings. The number of rotatable bonds is 2. The molecule has 2 amide bonds. The Morgan fingerprint density at radius 3 is 2.83 bits per heavy atom. The summed E-state index contributed by atoms with van der Waals surface area (Å²) in [6.07, 6.45) is 5.60. The second-order valence-electron chi connectivity index (χ2n) is 5.44. The molecule has 2 aromatic rings. The molecule has 0 aliphatic carbocycles. The molecule has 6 nitrogen and oxygen atoms in total. The van der Waals surface area contributed by atoms with Crippen molar-refractivity contribution < 1.29 is 4.79 Å². The molecule has 1 aliphatic heterocycles. The van der Waals surface area contributed by atoms with Crippen molar-refractivity contribution in [3.8, 4) is 0 Å². The number of H-pyrrole nitrogens is 1. The van der Waals surface area contributed by atoms with E-state index in [0.717, 1.165) is 11.3 Å². The van der Waals surface area contributed by atoms with Crippen LogP contribution < -0.4 is 10.9 Å². The summed E-state index contributed by atoms with van der Waals surface area (Å²) in [5, 5.41) is 2.88. The standard InChI is InChI=1S/C17H18N4O2/c1-12-11-13(15-16(22)19-9-8-18-15)7-10-21(12)17(23)20-14-5-3-2-4-6-14/h2-6,8-9,11-12H,7,10H2,1H3,(H,19,22)(H,20,23)/t12-/m1/s1. The van der Waals surface area contributed by atoms with E-state index in [1.807, 2.05) is 43.3 Å². The van der Waals surface area contributed by atoms with E-state index >= 15 is 0 Å². The molecule has 118 valence electrons. The molecular weight excluding hydrogens is 292 g/mol. The van der Waals surface area contributed by atoms with Crippen LogP contribution in [0.4, 0.5) is 10.5 Å². The lowest BCUT2D eigenvalue weighted by Gasteiger charge is -2.32. The molecule has 6 heteroatoms. The van der Waals surface area contributed by atoms with Gasteiger partial charge >= 0.3 is 6.03 Å². The molecular formula is C17H18N4O2. The highest BCUT2D eigenvalue weighted by atomic mass is 16.2. The number of anilines is 1. The van der Waals surface area contributed by atoms with Crippen LogP contribution >= 0.6 is 0 Å². The first-order chi connectivity index (χ1) is 11.1. The van der Waals surface area contributed by atoms with E-state index in [-0.39, 0.29) is 17.6 Å². The maximum absolute atomic E-state index is 12.4. The van der Waals surface area contributed by atoms with Gasteiger partial charge in [0.05, 0.1) is 0 Å². The largest absolute Gasteiger partial charge is 0.326 e. The first-order valence-corrected chi connectivity index (χ1v) is 7.52. The van der Waals surface area contributed by atoms with Gasteiger partial charge in [-0.2, -0.15) is 0 Å². The van der Waals surface area contributed by atoms with Crippen molar-refractivity contribution in [2.75, 3.05) is 11.9 Å². The Balaban J connectivity index is 1.75. The van der Waals surface area contributed by atoms with E-state index < -0.39 is 0 Å². The molecule has 1 atom stereocenters. The Kier molecular flexibility index (Phi) is 4.23. The van der Waals surface area contributed by atoms with Gasteiger partial charge in [0.1, 0.15) is 5.69 Å². The van der Waals surface area contributed by atoms with Crippen LogP contribution in [0.5, 0.6) is 0 Å². The fraction of sp³-hybridized carbons (Fsp3) is 0.235. The predicted octanol–water partition coefficient (Wildman–Crippen LogP) is 2.48. The number of nitrogens with zero attached hydrogens (tertiary/aromatic N) is 2. The van der Waals surface area contributed by atoms with Crippen LogP contribution in [-0.2, 0) is 0 Å². The topological polar surface area (TPSA) is 78.1 Å². The normalized spacial score (nSPS) is 17.5. The molecule has 1 aromatic heterocycles. The lowest BCUT2D eigenvalue weighted by molar-refractivity contribution is 0.202. The minimum atomic E-state index is -0.201. The summed E-state index contributed by atoms with van der Waals surface area (Å²) in [7, 11) is 0. The fourth-order valence-corrected chi connectivity index (χ4v) is 2.69. The maximum Gasteiger partial charge on any atom is 0.322 e. The van der Waals surface area contributed by atoms with Gasteiger partial charge in [0.2, 0.25) is 0 Å². The lowest BCUT2D eigenvalue weighted by atomic mass is 10.0. The van der Waals surface area contributed by atoms with Gasteiger partial charge in [0.25, 0.3) is 5.56 Å². The molecule has 0 unspecified atom stereocenters. The quantitative estimate of drug-likeness (QED) is 0.894. The van der Waals surface area contributed by atoms with Crippen molar-refractivity contribution in [3.63, 3.8) is 0 Å². The van der Waals surface area contributed by atoms with E-state index in [4.69, 9.17) is 0 Å². The molecule has 0 radical (unpaired) electrons. The highest BCUT2D eigenvalue weighted by Gasteiger charge is 2.25. The van der Waals surface area contributed by atoms with Crippen molar-refractivity contribution >= 4 is 17.3 Å². The van der Waals surface area contributed by atoms with E-state index in [1.165, 1.54) is 6.20 Å². The van der Waals surface area contributed by atoms with Gasteiger partial charge in [-0.15, -0.1) is 0 Å². The fourth-order valence-electron chi connectivity index (χ4n) is 2.69. The summed E-state index contributed by atoms with van der Waals surface area (Å²) in [5.41, 5.74) is 1.87. The Morgan fingerprint density at radius 2 is 2.13 bits per heavy atom. The van der Waals surface area contributed by atoms with Crippen LogP contribution in [0.2, 0.25) is 0 Å². The summed E-state index contributed by atoms with van der Waals surface area (Å²) in [5.74, 6) is 0. The van der Waals surface area contributed by atoms with Gasteiger partial charge in [0, 0.05) is 30.7 Å². The van der Waals surface area contributed by atoms with Crippen LogP contribution in [0.3, 0.4) is 0 Å². The van der Waals surface area contributed by atoms with Crippen LogP contribution in [0, 0.1) is 0 Å². The number of urea groups is 1. The number of carbonyl (C=O) groups excluding carboxylic acids is 1. The highest BCUT2D eigenvalue weighted by Crippen LogP contribution is 2.22. The van der Waals surface area contributed by atoms with Crippen LogP contribution in [0.15, 0.2) is 53.6 Å². The second kappa shape index (κ2) is 6.48. The summed E-state index contributed by atoms with van der Waals surface area (Å²) in [4.78, 5) is 32.7. The van der Waals surface area contributed by atoms with Gasteiger partial charge in [0.15, 0.2) is 0 Å². The molecule has 0 fully saturated rings. The summed E-state index contributed by atoms with van der Waals surface area (Å²) in [6.45, 7) is 2.47. The molecule has 2 N–H and O–H groups in total. The molecule has 1 aromatic carbocycles. The van der Waals surface area contributed by atoms with Crippen molar-refractivity contribution in [3.05, 3.63) is 64.8 Å². The minimum Gasteiger partial charge on any atom is -0.326 e. The van der Waals surface area contributed by atoms with E-state index in [1.54, 1.807) is 11.1 Å². The maximum atomic E-state index is 12.4. The number of aromatic amines is 1. The molecule has 3 rings (SSSR count). The third kappa shape index (κ3) is 3.31. The number of nitrogens with one attached hydrogen (secondary N) is 2. The van der Waals surface area contributed by atoms with E-state index in [2.05, 4.69) is 15.3 Å². The zero-order chi connectivity index (χ0) is 16.2. The van der Waals surface area contributed by atoms with Gasteiger partial charge in [-0.25, -0.2) is 9.78 Å². The molecule has 0 saturated carbocycles. The monoisotopic (exact) mass is 310 g/mol. The Labute approximate surface area is 133 Å². The smallest absolute Gasteiger partial charge is 0.322 e. The number of aromatic nitrogens is 2. The first kappa shape index (κ1) is 15.0. The van der Waals surface area contributed by atoms with E-state index in [9.17, 15) is 9.59 Å². The van der Waals surface area contributed by atoms with Gasteiger partial charge in [-0.05, 0) is 31.1 Å². The Morgan fingerprint density at radius 1 is 1.35 bits per heavy atom. The van der Waals surface area contributed by atoms with Crippen molar-refractivity contribution in [2.24, 2.45) is 0 Å². The second-order valence-corrected chi connectivity index (χ2v) is 5.44. The average molecular weight is 310 g/mol. The molecule has 0 saturated heterocycles. The number of hydrogen-bond donors (Lipinski definition) is 2. The summed E-state index contributed by atoms with van der Waals surface area (Å²) < 4.78 is 0. The summed E-state index contributed by atoms with van der Waals surface area (Å²) in [6, 6.07) is 9.10. The van der Waals surface area contributed by atoms with Crippen LogP contribution in [-0.4, -0.2) is 33.5 Å². The number of amides is 2. The van der Waals surface area contributed by atoms with Crippen molar-refractivity contribution in [1.82, 2.24) is 14.9 Å². The number of carbonyl (C=O) groups is 1. The average Bonchev–Trinajstić information content (AvgIpc) is 2.56. The molecule has 0 spiro atoms. The molecule has 0 bridgehead atoms. The van der Waals surface area contributed by atoms with Gasteiger partial charge < -0.3 is 15.2 Å². The minimum absolute atomic E-state index is 0.108. The zero-order valence-corrected chi connectivity index (χ0v) is 12.8. The zero-order valence-electron chi connectivity index (χ0n) is 12.8. The number of benzene rings is 1. The first-order valence-electron chi connectivity index (χ1n) is 7.52. The van der Waals surface area contributed by atoms with Crippen LogP contribution in [0.1, 0.15) is 19.0 Å². The van der Waals surface area contributed by atoms with E-state index in [0.29, 0.717) is 18.7 Å². The van der Waals surface area contributed by atoms with Crippen molar-refractivity contribution in [1.29, 1.82) is 0 Å². The third-order valence-corrected chi connectivity index (χ3v) is 3.85. The predicted molar refractivity (Wildman–Crippen MR) is 89.1 cm³/mol. The third-order valence-electron chi connectivity index (χ3n) is 3.85. The van der Waals surface area contributed by atoms with Gasteiger partial charge in [-0.1, -0.05) is 24.3 Å². The van der Waals surface area contributed by atoms with Crippen molar-refractivity contribution in [2.45, 2.75) is 19.4 Å².